The molecule has 19 heavy (non-hydrogen) atoms. The zero-order chi connectivity index (χ0) is 14.3. The Labute approximate surface area is 118 Å². The van der Waals surface area contributed by atoms with E-state index in [9.17, 15) is 0 Å². The van der Waals surface area contributed by atoms with Crippen molar-refractivity contribution in [3.63, 3.8) is 0 Å². The molecule has 0 amide bonds. The second kappa shape index (κ2) is 7.49. The maximum absolute atomic E-state index is 4.26. The van der Waals surface area contributed by atoms with Gasteiger partial charge in [0.05, 0.1) is 0 Å². The molecule has 0 aliphatic rings. The van der Waals surface area contributed by atoms with Crippen LogP contribution in [0, 0.1) is 0 Å². The summed E-state index contributed by atoms with van der Waals surface area (Å²) in [6.07, 6.45) is 7.67. The van der Waals surface area contributed by atoms with Crippen molar-refractivity contribution in [1.82, 2.24) is 10.3 Å². The highest BCUT2D eigenvalue weighted by atomic mass is 15.1. The van der Waals surface area contributed by atoms with Gasteiger partial charge in [-0.1, -0.05) is 19.8 Å². The lowest BCUT2D eigenvalue weighted by Gasteiger charge is -2.25. The number of pyridine rings is 1. The van der Waals surface area contributed by atoms with E-state index in [4.69, 9.17) is 0 Å². The highest BCUT2D eigenvalue weighted by molar-refractivity contribution is 5.51. The van der Waals surface area contributed by atoms with Crippen molar-refractivity contribution in [2.45, 2.75) is 59.0 Å². The molecule has 0 aromatic carbocycles. The van der Waals surface area contributed by atoms with Gasteiger partial charge < -0.3 is 10.2 Å². The summed E-state index contributed by atoms with van der Waals surface area (Å²) in [5.74, 6) is 0. The van der Waals surface area contributed by atoms with E-state index in [1.54, 1.807) is 0 Å². The van der Waals surface area contributed by atoms with Gasteiger partial charge in [0.15, 0.2) is 0 Å². The van der Waals surface area contributed by atoms with Crippen molar-refractivity contribution in [2.24, 2.45) is 0 Å². The van der Waals surface area contributed by atoms with Crippen molar-refractivity contribution in [3.05, 3.63) is 24.0 Å². The Balaban J connectivity index is 2.66. The molecular formula is C16H29N3. The van der Waals surface area contributed by atoms with Gasteiger partial charge in [-0.3, -0.25) is 4.98 Å². The van der Waals surface area contributed by atoms with Crippen molar-refractivity contribution in [3.8, 4) is 0 Å². The fourth-order valence-electron chi connectivity index (χ4n) is 2.01. The van der Waals surface area contributed by atoms with Gasteiger partial charge in [0.2, 0.25) is 0 Å². The van der Waals surface area contributed by atoms with E-state index in [1.807, 2.05) is 12.4 Å². The van der Waals surface area contributed by atoms with E-state index < -0.39 is 0 Å². The van der Waals surface area contributed by atoms with Gasteiger partial charge in [-0.25, -0.2) is 0 Å². The molecule has 0 aliphatic heterocycles. The molecular weight excluding hydrogens is 234 g/mol. The minimum absolute atomic E-state index is 0.133. The van der Waals surface area contributed by atoms with E-state index in [1.165, 1.54) is 30.5 Å². The Morgan fingerprint density at radius 3 is 2.63 bits per heavy atom. The molecule has 0 spiro atoms. The molecule has 1 N–H and O–H groups in total. The van der Waals surface area contributed by atoms with Crippen LogP contribution < -0.4 is 10.2 Å². The predicted molar refractivity (Wildman–Crippen MR) is 83.6 cm³/mol. The normalized spacial score (nSPS) is 11.6. The maximum atomic E-state index is 4.26. The van der Waals surface area contributed by atoms with Crippen LogP contribution in [0.5, 0.6) is 0 Å². The predicted octanol–water partition coefficient (Wildman–Crippen LogP) is 3.60. The maximum Gasteiger partial charge on any atom is 0.0440 e. The SMILES string of the molecule is CCCCCN(C)c1ccncc1CNC(C)(C)C. The first-order chi connectivity index (χ1) is 8.94. The third kappa shape index (κ3) is 6.06. The number of hydrogen-bond donors (Lipinski definition) is 1. The summed E-state index contributed by atoms with van der Waals surface area (Å²) in [6, 6.07) is 2.12. The first-order valence-corrected chi connectivity index (χ1v) is 7.33. The zero-order valence-electron chi connectivity index (χ0n) is 13.2. The molecule has 1 heterocycles. The molecule has 0 radical (unpaired) electrons. The summed E-state index contributed by atoms with van der Waals surface area (Å²) in [7, 11) is 2.17. The smallest absolute Gasteiger partial charge is 0.0440 e. The average Bonchev–Trinajstić information content (AvgIpc) is 2.36. The molecule has 0 saturated carbocycles. The second-order valence-corrected chi connectivity index (χ2v) is 6.24. The summed E-state index contributed by atoms with van der Waals surface area (Å²) >= 11 is 0. The largest absolute Gasteiger partial charge is 0.374 e. The Bertz CT molecular complexity index is 369. The van der Waals surface area contributed by atoms with Crippen LogP contribution in [-0.2, 0) is 6.54 Å². The van der Waals surface area contributed by atoms with E-state index in [0.29, 0.717) is 0 Å². The van der Waals surface area contributed by atoms with Crippen LogP contribution in [0.25, 0.3) is 0 Å². The lowest BCUT2D eigenvalue weighted by Crippen LogP contribution is -2.35. The monoisotopic (exact) mass is 263 g/mol. The van der Waals surface area contributed by atoms with Crippen LogP contribution in [0.1, 0.15) is 52.5 Å². The summed E-state index contributed by atoms with van der Waals surface area (Å²) in [5, 5.41) is 3.53. The van der Waals surface area contributed by atoms with Gasteiger partial charge in [0, 0.05) is 49.3 Å². The van der Waals surface area contributed by atoms with E-state index in [-0.39, 0.29) is 5.54 Å². The Hall–Kier alpha value is -1.09. The van der Waals surface area contributed by atoms with Crippen LogP contribution in [0.2, 0.25) is 0 Å². The van der Waals surface area contributed by atoms with Crippen molar-refractivity contribution in [2.75, 3.05) is 18.5 Å². The number of anilines is 1. The van der Waals surface area contributed by atoms with E-state index in [0.717, 1.165) is 13.1 Å². The van der Waals surface area contributed by atoms with Crippen molar-refractivity contribution in [1.29, 1.82) is 0 Å². The lowest BCUT2D eigenvalue weighted by molar-refractivity contribution is 0.424. The first-order valence-electron chi connectivity index (χ1n) is 7.33. The van der Waals surface area contributed by atoms with Crippen LogP contribution in [0.15, 0.2) is 18.5 Å². The number of rotatable bonds is 7. The number of unbranched alkanes of at least 4 members (excludes halogenated alkanes) is 2. The summed E-state index contributed by atoms with van der Waals surface area (Å²) in [5.41, 5.74) is 2.70. The fourth-order valence-corrected chi connectivity index (χ4v) is 2.01. The summed E-state index contributed by atoms with van der Waals surface area (Å²) < 4.78 is 0. The van der Waals surface area contributed by atoms with Crippen LogP contribution >= 0.6 is 0 Å². The first kappa shape index (κ1) is 16.0. The molecule has 0 atom stereocenters. The minimum Gasteiger partial charge on any atom is -0.374 e. The highest BCUT2D eigenvalue weighted by Gasteiger charge is 2.12. The van der Waals surface area contributed by atoms with Gasteiger partial charge in [-0.2, -0.15) is 0 Å². The lowest BCUT2D eigenvalue weighted by atomic mass is 10.1. The molecule has 0 bridgehead atoms. The van der Waals surface area contributed by atoms with Gasteiger partial charge in [0.25, 0.3) is 0 Å². The third-order valence-corrected chi connectivity index (χ3v) is 3.20. The number of hydrogen-bond acceptors (Lipinski definition) is 3. The number of nitrogens with zero attached hydrogens (tertiary/aromatic N) is 2. The van der Waals surface area contributed by atoms with Gasteiger partial charge >= 0.3 is 0 Å². The second-order valence-electron chi connectivity index (χ2n) is 6.24. The Morgan fingerprint density at radius 2 is 2.00 bits per heavy atom. The summed E-state index contributed by atoms with van der Waals surface area (Å²) in [6.45, 7) is 10.8. The van der Waals surface area contributed by atoms with E-state index in [2.05, 4.69) is 56.0 Å². The molecule has 1 rings (SSSR count). The molecule has 0 saturated heterocycles. The van der Waals surface area contributed by atoms with Crippen molar-refractivity contribution < 1.29 is 0 Å². The van der Waals surface area contributed by atoms with Crippen LogP contribution in [0.4, 0.5) is 5.69 Å². The highest BCUT2D eigenvalue weighted by Crippen LogP contribution is 2.19. The average molecular weight is 263 g/mol. The molecule has 3 heteroatoms. The minimum atomic E-state index is 0.133. The number of aromatic nitrogens is 1. The molecule has 0 fully saturated rings. The standard InChI is InChI=1S/C16H29N3/c1-6-7-8-11-19(5)15-9-10-17-12-14(15)13-18-16(2,3)4/h9-10,12,18H,6-8,11,13H2,1-5H3. The third-order valence-electron chi connectivity index (χ3n) is 3.20. The topological polar surface area (TPSA) is 28.2 Å². The molecule has 1 aromatic heterocycles. The number of nitrogens with one attached hydrogen (secondary N) is 1. The van der Waals surface area contributed by atoms with E-state index >= 15 is 0 Å². The zero-order valence-corrected chi connectivity index (χ0v) is 13.2. The van der Waals surface area contributed by atoms with Gasteiger partial charge in [-0.05, 0) is 33.3 Å². The Kier molecular flexibility index (Phi) is 6.29. The fraction of sp³-hybridized carbons (Fsp3) is 0.688. The molecule has 1 aromatic rings. The van der Waals surface area contributed by atoms with Gasteiger partial charge in [0.1, 0.15) is 0 Å². The van der Waals surface area contributed by atoms with Crippen molar-refractivity contribution >= 4 is 5.69 Å². The Morgan fingerprint density at radius 1 is 1.26 bits per heavy atom. The molecule has 3 nitrogen and oxygen atoms in total. The molecule has 0 unspecified atom stereocenters. The van der Waals surface area contributed by atoms with Gasteiger partial charge in [-0.15, -0.1) is 0 Å². The van der Waals surface area contributed by atoms with Crippen LogP contribution in [-0.4, -0.2) is 24.1 Å². The van der Waals surface area contributed by atoms with Crippen LogP contribution in [0.3, 0.4) is 0 Å². The quantitative estimate of drug-likeness (QED) is 0.762. The molecule has 0 aliphatic carbocycles. The summed E-state index contributed by atoms with van der Waals surface area (Å²) in [4.78, 5) is 6.60. The molecule has 108 valence electrons.